The molecule has 148 valence electrons. The van der Waals surface area contributed by atoms with Gasteiger partial charge in [-0.1, -0.05) is 18.2 Å². The molecule has 1 aliphatic rings. The molecule has 2 amide bonds. The van der Waals surface area contributed by atoms with Crippen molar-refractivity contribution in [3.63, 3.8) is 0 Å². The number of aromatic amines is 1. The lowest BCUT2D eigenvalue weighted by molar-refractivity contribution is -0.117. The van der Waals surface area contributed by atoms with Gasteiger partial charge >= 0.3 is 0 Å². The zero-order valence-corrected chi connectivity index (χ0v) is 16.7. The smallest absolute Gasteiger partial charge is 0.274 e. The number of H-pyrrole nitrogens is 1. The number of benzene rings is 2. The van der Waals surface area contributed by atoms with Gasteiger partial charge in [-0.15, -0.1) is 0 Å². The Labute approximate surface area is 172 Å². The van der Waals surface area contributed by atoms with E-state index in [-0.39, 0.29) is 11.8 Å². The van der Waals surface area contributed by atoms with Crippen molar-refractivity contribution >= 4 is 35.4 Å². The summed E-state index contributed by atoms with van der Waals surface area (Å²) < 4.78 is 7.57. The number of hydrogen-bond donors (Lipinski definition) is 2. The Morgan fingerprint density at radius 1 is 1.21 bits per heavy atom. The number of aromatic nitrogens is 2. The van der Waals surface area contributed by atoms with E-state index in [9.17, 15) is 9.59 Å². The fourth-order valence-corrected chi connectivity index (χ4v) is 3.71. The number of hydrogen-bond acceptors (Lipinski definition) is 4. The van der Waals surface area contributed by atoms with E-state index >= 15 is 0 Å². The van der Waals surface area contributed by atoms with Crippen molar-refractivity contribution in [2.45, 2.75) is 12.8 Å². The molecule has 29 heavy (non-hydrogen) atoms. The summed E-state index contributed by atoms with van der Waals surface area (Å²) in [5.74, 6) is 0.301. The van der Waals surface area contributed by atoms with Crippen molar-refractivity contribution in [3.05, 3.63) is 65.2 Å². The molecule has 1 aromatic heterocycles. The highest BCUT2D eigenvalue weighted by atomic mass is 32.1. The molecule has 0 unspecified atom stereocenters. The molecule has 0 bridgehead atoms. The lowest BCUT2D eigenvalue weighted by Crippen LogP contribution is -2.24. The Balaban J connectivity index is 1.61. The number of imidazole rings is 1. The van der Waals surface area contributed by atoms with Crippen LogP contribution in [0.3, 0.4) is 0 Å². The van der Waals surface area contributed by atoms with Gasteiger partial charge in [-0.05, 0) is 42.9 Å². The van der Waals surface area contributed by atoms with Gasteiger partial charge in [0.2, 0.25) is 5.91 Å². The zero-order chi connectivity index (χ0) is 20.4. The predicted molar refractivity (Wildman–Crippen MR) is 113 cm³/mol. The first-order chi connectivity index (χ1) is 14.1. The second kappa shape index (κ2) is 7.92. The summed E-state index contributed by atoms with van der Waals surface area (Å²) in [5.41, 5.74) is 2.46. The van der Waals surface area contributed by atoms with E-state index in [0.717, 1.165) is 12.1 Å². The number of methoxy groups -OCH3 is 1. The molecule has 0 aliphatic carbocycles. The first kappa shape index (κ1) is 18.9. The molecule has 0 radical (unpaired) electrons. The molecular weight excluding hydrogens is 388 g/mol. The number of anilines is 2. The van der Waals surface area contributed by atoms with E-state index in [0.29, 0.717) is 40.6 Å². The van der Waals surface area contributed by atoms with Crippen LogP contribution in [0.15, 0.2) is 54.7 Å². The van der Waals surface area contributed by atoms with Gasteiger partial charge in [-0.2, -0.15) is 0 Å². The van der Waals surface area contributed by atoms with Gasteiger partial charge in [-0.25, -0.2) is 0 Å². The third-order valence-electron chi connectivity index (χ3n) is 4.83. The zero-order valence-electron chi connectivity index (χ0n) is 15.8. The van der Waals surface area contributed by atoms with E-state index in [1.807, 2.05) is 30.3 Å². The van der Waals surface area contributed by atoms with Crippen molar-refractivity contribution in [1.82, 2.24) is 9.55 Å². The summed E-state index contributed by atoms with van der Waals surface area (Å²) in [6.45, 7) is 0.670. The summed E-state index contributed by atoms with van der Waals surface area (Å²) in [7, 11) is 1.55. The summed E-state index contributed by atoms with van der Waals surface area (Å²) in [5, 5.41) is 2.88. The van der Waals surface area contributed by atoms with E-state index in [1.54, 1.807) is 41.0 Å². The summed E-state index contributed by atoms with van der Waals surface area (Å²) in [6.07, 6.45) is 2.95. The van der Waals surface area contributed by atoms with Crippen molar-refractivity contribution in [2.24, 2.45) is 0 Å². The molecule has 8 heteroatoms. The first-order valence-corrected chi connectivity index (χ1v) is 9.65. The Hall–Kier alpha value is -3.39. The molecule has 4 rings (SSSR count). The maximum atomic E-state index is 12.9. The van der Waals surface area contributed by atoms with Crippen LogP contribution in [0.2, 0.25) is 0 Å². The van der Waals surface area contributed by atoms with Crippen molar-refractivity contribution in [3.8, 4) is 11.4 Å². The van der Waals surface area contributed by atoms with Gasteiger partial charge in [0, 0.05) is 36.6 Å². The van der Waals surface area contributed by atoms with E-state index in [1.165, 1.54) is 0 Å². The van der Waals surface area contributed by atoms with Crippen LogP contribution in [0.25, 0.3) is 5.69 Å². The minimum absolute atomic E-state index is 0.0780. The lowest BCUT2D eigenvalue weighted by atomic mass is 10.2. The largest absolute Gasteiger partial charge is 0.494 e. The molecule has 2 N–H and O–H groups in total. The molecular formula is C21H20N4O3S. The monoisotopic (exact) mass is 408 g/mol. The van der Waals surface area contributed by atoms with E-state index < -0.39 is 0 Å². The second-order valence-corrected chi connectivity index (χ2v) is 7.03. The second-order valence-electron chi connectivity index (χ2n) is 6.64. The Morgan fingerprint density at radius 2 is 2.00 bits per heavy atom. The predicted octanol–water partition coefficient (Wildman–Crippen LogP) is 3.92. The fraction of sp³-hybridized carbons (Fsp3) is 0.190. The van der Waals surface area contributed by atoms with Crippen molar-refractivity contribution in [2.75, 3.05) is 23.9 Å². The SMILES string of the molecule is COc1cc(NC(=O)c2c[nH]c(=S)n2-c2ccccc2)ccc1N1CCCC1=O. The minimum Gasteiger partial charge on any atom is -0.494 e. The van der Waals surface area contributed by atoms with Crippen LogP contribution in [0.1, 0.15) is 23.3 Å². The van der Waals surface area contributed by atoms with Crippen LogP contribution in [0.5, 0.6) is 5.75 Å². The molecule has 7 nitrogen and oxygen atoms in total. The molecule has 3 aromatic rings. The third-order valence-corrected chi connectivity index (χ3v) is 5.13. The van der Waals surface area contributed by atoms with Crippen molar-refractivity contribution in [1.29, 1.82) is 0 Å². The minimum atomic E-state index is -0.312. The van der Waals surface area contributed by atoms with Crippen LogP contribution < -0.4 is 15.0 Å². The molecule has 1 saturated heterocycles. The molecule has 0 atom stereocenters. The van der Waals surface area contributed by atoms with Crippen molar-refractivity contribution < 1.29 is 14.3 Å². The highest BCUT2D eigenvalue weighted by Gasteiger charge is 2.25. The number of carbonyl (C=O) groups is 2. The van der Waals surface area contributed by atoms with Gasteiger partial charge in [0.15, 0.2) is 4.77 Å². The van der Waals surface area contributed by atoms with Crippen LogP contribution in [0.4, 0.5) is 11.4 Å². The number of rotatable bonds is 5. The van der Waals surface area contributed by atoms with Gasteiger partial charge in [0.25, 0.3) is 5.91 Å². The third kappa shape index (κ3) is 3.66. The van der Waals surface area contributed by atoms with Gasteiger partial charge in [0.05, 0.1) is 12.8 Å². The number of para-hydroxylation sites is 1. The highest BCUT2D eigenvalue weighted by molar-refractivity contribution is 7.71. The van der Waals surface area contributed by atoms with Crippen LogP contribution in [-0.4, -0.2) is 35.0 Å². The fourth-order valence-electron chi connectivity index (χ4n) is 3.45. The molecule has 2 aromatic carbocycles. The summed E-state index contributed by atoms with van der Waals surface area (Å²) >= 11 is 5.34. The molecule has 0 saturated carbocycles. The number of carbonyl (C=O) groups excluding carboxylic acids is 2. The highest BCUT2D eigenvalue weighted by Crippen LogP contribution is 2.34. The number of ether oxygens (including phenoxy) is 1. The van der Waals surface area contributed by atoms with Gasteiger partial charge in [-0.3, -0.25) is 14.2 Å². The normalized spacial score (nSPS) is 13.6. The standard InChI is InChI=1S/C21H20N4O3S/c1-28-18-12-14(9-10-16(18)24-11-5-8-19(24)26)23-20(27)17-13-22-21(29)25(17)15-6-3-2-4-7-15/h2-4,6-7,9-10,12-13H,5,8,11H2,1H3,(H,22,29)(H,23,27). The van der Waals surface area contributed by atoms with E-state index in [2.05, 4.69) is 10.3 Å². The quantitative estimate of drug-likeness (QED) is 0.627. The Morgan fingerprint density at radius 3 is 2.69 bits per heavy atom. The molecule has 0 spiro atoms. The van der Waals surface area contributed by atoms with Crippen LogP contribution in [0, 0.1) is 4.77 Å². The maximum Gasteiger partial charge on any atom is 0.274 e. The number of amides is 2. The summed E-state index contributed by atoms with van der Waals surface area (Å²) in [4.78, 5) is 29.6. The number of nitrogens with zero attached hydrogens (tertiary/aromatic N) is 2. The number of nitrogens with one attached hydrogen (secondary N) is 2. The molecule has 1 aliphatic heterocycles. The molecule has 1 fully saturated rings. The van der Waals surface area contributed by atoms with Crippen LogP contribution in [-0.2, 0) is 4.79 Å². The average Bonchev–Trinajstić information content (AvgIpc) is 3.34. The van der Waals surface area contributed by atoms with Crippen LogP contribution >= 0.6 is 12.2 Å². The summed E-state index contributed by atoms with van der Waals surface area (Å²) in [6, 6.07) is 14.7. The average molecular weight is 408 g/mol. The molecule has 2 heterocycles. The lowest BCUT2D eigenvalue weighted by Gasteiger charge is -2.19. The Kier molecular flexibility index (Phi) is 5.18. The first-order valence-electron chi connectivity index (χ1n) is 9.24. The maximum absolute atomic E-state index is 12.9. The van der Waals surface area contributed by atoms with E-state index in [4.69, 9.17) is 17.0 Å². The van der Waals surface area contributed by atoms with Gasteiger partial charge in [0.1, 0.15) is 11.4 Å². The topological polar surface area (TPSA) is 79.4 Å². The Bertz CT molecular complexity index is 1120. The van der Waals surface area contributed by atoms with Gasteiger partial charge < -0.3 is 19.9 Å².